The highest BCUT2D eigenvalue weighted by Gasteiger charge is 2.24. The van der Waals surface area contributed by atoms with Crippen molar-refractivity contribution in [1.29, 1.82) is 0 Å². The zero-order chi connectivity index (χ0) is 24.4. The highest BCUT2D eigenvalue weighted by Crippen LogP contribution is 2.35. The summed E-state index contributed by atoms with van der Waals surface area (Å²) in [5.74, 6) is 1.94. The Bertz CT molecular complexity index is 1370. The number of halogens is 2. The van der Waals surface area contributed by atoms with Gasteiger partial charge in [-0.15, -0.1) is 5.10 Å². The van der Waals surface area contributed by atoms with Gasteiger partial charge in [0.2, 0.25) is 0 Å². The minimum atomic E-state index is -0.412. The Morgan fingerprint density at radius 1 is 1.00 bits per heavy atom. The number of hydrogen-bond acceptors (Lipinski definition) is 8. The number of nitrogen functional groups attached to an aromatic ring is 1. The van der Waals surface area contributed by atoms with Crippen molar-refractivity contribution in [3.05, 3.63) is 87.7 Å². The molecular formula is C24H21Br2N7O2. The molecule has 0 amide bonds. The van der Waals surface area contributed by atoms with Gasteiger partial charge >= 0.3 is 0 Å². The lowest BCUT2D eigenvalue weighted by Crippen LogP contribution is -2.19. The van der Waals surface area contributed by atoms with Crippen molar-refractivity contribution >= 4 is 48.9 Å². The lowest BCUT2D eigenvalue weighted by atomic mass is 10.1. The molecule has 2 heterocycles. The van der Waals surface area contributed by atoms with E-state index in [1.165, 1.54) is 0 Å². The average molecular weight is 599 g/mol. The van der Waals surface area contributed by atoms with Gasteiger partial charge in [-0.1, -0.05) is 38.4 Å². The van der Waals surface area contributed by atoms with Gasteiger partial charge in [0.1, 0.15) is 19.3 Å². The van der Waals surface area contributed by atoms with Crippen LogP contribution in [0.1, 0.15) is 17.4 Å². The van der Waals surface area contributed by atoms with E-state index in [1.54, 1.807) is 10.9 Å². The summed E-state index contributed by atoms with van der Waals surface area (Å²) in [4.78, 5) is 0. The number of tetrazole rings is 1. The largest absolute Gasteiger partial charge is 0.486 e. The lowest BCUT2D eigenvalue weighted by molar-refractivity contribution is 0.171. The zero-order valence-corrected chi connectivity index (χ0v) is 21.6. The molecule has 0 aliphatic carbocycles. The fourth-order valence-corrected chi connectivity index (χ4v) is 5.15. The maximum Gasteiger partial charge on any atom is 0.183 e. The van der Waals surface area contributed by atoms with Crippen LogP contribution in [0.25, 0.3) is 5.69 Å². The van der Waals surface area contributed by atoms with Gasteiger partial charge in [-0.2, -0.15) is 4.68 Å². The molecule has 0 radical (unpaired) electrons. The van der Waals surface area contributed by atoms with Gasteiger partial charge < -0.3 is 25.8 Å². The van der Waals surface area contributed by atoms with Crippen molar-refractivity contribution < 1.29 is 9.47 Å². The van der Waals surface area contributed by atoms with Crippen LogP contribution in [0.15, 0.2) is 76.3 Å². The minimum absolute atomic E-state index is 0.412. The standard InChI is InChI=1S/C24H21Br2N7O2/c1-2-28-20-5-3-17(12-19(20)27)29-23(14-9-15(25)11-16(26)10-14)24-30-31-32-33(24)18-4-6-21-22(13-18)35-8-7-34-21/h2-6,9-13,23,28-29H,1,7-8,27H2. The second-order valence-electron chi connectivity index (χ2n) is 7.71. The summed E-state index contributed by atoms with van der Waals surface area (Å²) in [5.41, 5.74) is 10.1. The number of nitrogens with one attached hydrogen (secondary N) is 2. The highest BCUT2D eigenvalue weighted by molar-refractivity contribution is 9.11. The van der Waals surface area contributed by atoms with Crippen molar-refractivity contribution in [2.24, 2.45) is 0 Å². The third kappa shape index (κ3) is 4.96. The summed E-state index contributed by atoms with van der Waals surface area (Å²) in [7, 11) is 0. The first-order valence-corrected chi connectivity index (χ1v) is 12.3. The van der Waals surface area contributed by atoms with Crippen LogP contribution in [0.2, 0.25) is 0 Å². The first kappa shape index (κ1) is 23.2. The van der Waals surface area contributed by atoms with Gasteiger partial charge in [0, 0.05) is 20.7 Å². The van der Waals surface area contributed by atoms with E-state index in [0.29, 0.717) is 36.2 Å². The van der Waals surface area contributed by atoms with Crippen molar-refractivity contribution in [2.75, 3.05) is 29.6 Å². The Kier molecular flexibility index (Phi) is 6.60. The number of benzene rings is 3. The number of aromatic nitrogens is 4. The summed E-state index contributed by atoms with van der Waals surface area (Å²) >= 11 is 7.18. The molecule has 0 fully saturated rings. The second-order valence-corrected chi connectivity index (χ2v) is 9.54. The zero-order valence-electron chi connectivity index (χ0n) is 18.4. The summed E-state index contributed by atoms with van der Waals surface area (Å²) < 4.78 is 14.9. The molecule has 5 rings (SSSR count). The topological polar surface area (TPSA) is 112 Å². The number of nitrogens with zero attached hydrogens (tertiary/aromatic N) is 4. The predicted molar refractivity (Wildman–Crippen MR) is 142 cm³/mol. The van der Waals surface area contributed by atoms with Crippen LogP contribution in [-0.2, 0) is 0 Å². The van der Waals surface area contributed by atoms with E-state index < -0.39 is 6.04 Å². The Morgan fingerprint density at radius 2 is 1.77 bits per heavy atom. The van der Waals surface area contributed by atoms with Crippen LogP contribution in [0.5, 0.6) is 11.5 Å². The number of nitrogens with two attached hydrogens (primary N) is 1. The smallest absolute Gasteiger partial charge is 0.183 e. The maximum absolute atomic E-state index is 6.24. The van der Waals surface area contributed by atoms with Gasteiger partial charge in [-0.05, 0) is 70.7 Å². The molecule has 178 valence electrons. The van der Waals surface area contributed by atoms with E-state index in [2.05, 4.69) is 64.6 Å². The van der Waals surface area contributed by atoms with Crippen LogP contribution >= 0.6 is 31.9 Å². The Hall–Kier alpha value is -3.57. The molecule has 0 saturated carbocycles. The minimum Gasteiger partial charge on any atom is -0.486 e. The van der Waals surface area contributed by atoms with E-state index in [4.69, 9.17) is 15.2 Å². The van der Waals surface area contributed by atoms with Crippen molar-refractivity contribution in [1.82, 2.24) is 20.2 Å². The van der Waals surface area contributed by atoms with Crippen molar-refractivity contribution in [2.45, 2.75) is 6.04 Å². The Morgan fingerprint density at radius 3 is 2.51 bits per heavy atom. The molecule has 11 heteroatoms. The molecule has 0 bridgehead atoms. The molecular weight excluding hydrogens is 578 g/mol. The molecule has 1 atom stereocenters. The molecule has 0 spiro atoms. The monoisotopic (exact) mass is 597 g/mol. The number of anilines is 3. The van der Waals surface area contributed by atoms with Crippen LogP contribution in [0.4, 0.5) is 17.1 Å². The molecule has 1 aliphatic heterocycles. The normalized spacial score (nSPS) is 13.2. The predicted octanol–water partition coefficient (Wildman–Crippen LogP) is 5.30. The van der Waals surface area contributed by atoms with Gasteiger partial charge in [-0.25, -0.2) is 0 Å². The van der Waals surface area contributed by atoms with Crippen molar-refractivity contribution in [3.63, 3.8) is 0 Å². The molecule has 1 aromatic heterocycles. The number of hydrogen-bond donors (Lipinski definition) is 3. The Balaban J connectivity index is 1.58. The van der Waals surface area contributed by atoms with E-state index in [9.17, 15) is 0 Å². The summed E-state index contributed by atoms with van der Waals surface area (Å²) in [6, 6.07) is 16.9. The highest BCUT2D eigenvalue weighted by atomic mass is 79.9. The third-order valence-electron chi connectivity index (χ3n) is 5.36. The van der Waals surface area contributed by atoms with Gasteiger partial charge in [-0.3, -0.25) is 0 Å². The first-order valence-electron chi connectivity index (χ1n) is 10.7. The van der Waals surface area contributed by atoms with Crippen LogP contribution in [0.3, 0.4) is 0 Å². The fourth-order valence-electron chi connectivity index (χ4n) is 3.82. The van der Waals surface area contributed by atoms with Gasteiger partial charge in [0.25, 0.3) is 0 Å². The molecule has 4 aromatic rings. The average Bonchev–Trinajstić information content (AvgIpc) is 3.33. The molecule has 9 nitrogen and oxygen atoms in total. The number of fused-ring (bicyclic) bond motifs is 1. The van der Waals surface area contributed by atoms with E-state index in [0.717, 1.165) is 31.6 Å². The molecule has 0 saturated heterocycles. The van der Waals surface area contributed by atoms with Crippen LogP contribution in [-0.4, -0.2) is 33.4 Å². The molecule has 35 heavy (non-hydrogen) atoms. The van der Waals surface area contributed by atoms with Crippen LogP contribution in [0, 0.1) is 0 Å². The first-order chi connectivity index (χ1) is 17.0. The number of rotatable bonds is 7. The maximum atomic E-state index is 6.24. The molecule has 4 N–H and O–H groups in total. The van der Waals surface area contributed by atoms with Gasteiger partial charge in [0.15, 0.2) is 17.3 Å². The summed E-state index contributed by atoms with van der Waals surface area (Å²) in [5, 5.41) is 19.2. The fraction of sp³-hybridized carbons (Fsp3) is 0.125. The van der Waals surface area contributed by atoms with E-state index >= 15 is 0 Å². The SMILES string of the molecule is C=CNc1ccc(NC(c2cc(Br)cc(Br)c2)c2nnnn2-c2ccc3c(c2)OCCO3)cc1N. The van der Waals surface area contributed by atoms with Crippen molar-refractivity contribution in [3.8, 4) is 17.2 Å². The summed E-state index contributed by atoms with van der Waals surface area (Å²) in [6.07, 6.45) is 1.59. The molecule has 1 unspecified atom stereocenters. The second kappa shape index (κ2) is 9.96. The third-order valence-corrected chi connectivity index (χ3v) is 6.28. The van der Waals surface area contributed by atoms with E-state index in [1.807, 2.05) is 54.6 Å². The number of ether oxygens (including phenoxy) is 2. The Labute approximate surface area is 218 Å². The molecule has 3 aromatic carbocycles. The quantitative estimate of drug-likeness (QED) is 0.246. The van der Waals surface area contributed by atoms with Gasteiger partial charge in [0.05, 0.1) is 17.1 Å². The lowest BCUT2D eigenvalue weighted by Gasteiger charge is -2.22. The van der Waals surface area contributed by atoms with E-state index in [-0.39, 0.29) is 0 Å². The van der Waals surface area contributed by atoms with Crippen LogP contribution < -0.4 is 25.8 Å². The molecule has 1 aliphatic rings. The summed E-state index contributed by atoms with van der Waals surface area (Å²) in [6.45, 7) is 4.71.